The Morgan fingerprint density at radius 3 is 2.50 bits per heavy atom. The molecule has 3 amide bonds. The fraction of sp³-hybridized carbons (Fsp3) is 0.346. The fourth-order valence-electron chi connectivity index (χ4n) is 4.01. The number of β-amino-alcohol motifs (C(OH)–C–C–N with tert-alkyl or cyclic N) is 1. The summed E-state index contributed by atoms with van der Waals surface area (Å²) in [5.74, 6) is 0.403. The lowest BCUT2D eigenvalue weighted by atomic mass is 9.93. The van der Waals surface area contributed by atoms with Crippen molar-refractivity contribution in [3.05, 3.63) is 70.9 Å². The van der Waals surface area contributed by atoms with Crippen LogP contribution in [0.5, 0.6) is 5.75 Å². The van der Waals surface area contributed by atoms with Crippen LogP contribution in [0.4, 0.5) is 16.3 Å². The number of urea groups is 1. The number of hydrogen-bond acceptors (Lipinski definition) is 6. The van der Waals surface area contributed by atoms with Gasteiger partial charge in [0.2, 0.25) is 5.91 Å². The minimum Gasteiger partial charge on any atom is -0.506 e. The van der Waals surface area contributed by atoms with Crippen molar-refractivity contribution in [3.63, 3.8) is 0 Å². The standard InChI is InChI=1S/C26H34N6O4/c1-16-10-23(32(4)31-16)30-24(35)12-17-6-5-7-18(11-17)14-26(2,3)28-15-22(34)19-8-9-21(33)20(13-19)29-25(27)36/h5-11,13,22,28,33-34H,12,14-15H2,1-4H3,(H,30,35)(H3,27,29,36)/t22-/m1/s1. The van der Waals surface area contributed by atoms with E-state index in [1.165, 1.54) is 12.1 Å². The highest BCUT2D eigenvalue weighted by Gasteiger charge is 2.21. The van der Waals surface area contributed by atoms with Crippen molar-refractivity contribution in [2.24, 2.45) is 12.8 Å². The number of nitrogens with zero attached hydrogens (tertiary/aromatic N) is 2. The normalized spacial score (nSPS) is 12.2. The highest BCUT2D eigenvalue weighted by Crippen LogP contribution is 2.27. The fourth-order valence-corrected chi connectivity index (χ4v) is 4.01. The van der Waals surface area contributed by atoms with Crippen molar-refractivity contribution in [1.29, 1.82) is 0 Å². The molecule has 0 aliphatic carbocycles. The molecule has 2 aromatic carbocycles. The second-order valence-corrected chi connectivity index (χ2v) is 9.56. The Labute approximate surface area is 210 Å². The van der Waals surface area contributed by atoms with Crippen molar-refractivity contribution >= 4 is 23.4 Å². The molecule has 36 heavy (non-hydrogen) atoms. The van der Waals surface area contributed by atoms with Gasteiger partial charge in [-0.1, -0.05) is 30.3 Å². The lowest BCUT2D eigenvalue weighted by Crippen LogP contribution is -2.43. The number of phenols is 1. The Kier molecular flexibility index (Phi) is 8.33. The number of rotatable bonds is 10. The number of benzene rings is 2. The summed E-state index contributed by atoms with van der Waals surface area (Å²) in [6.07, 6.45) is 0.0387. The molecule has 10 nitrogen and oxygen atoms in total. The number of anilines is 2. The number of hydrogen-bond donors (Lipinski definition) is 6. The van der Waals surface area contributed by atoms with E-state index in [4.69, 9.17) is 5.73 Å². The van der Waals surface area contributed by atoms with Gasteiger partial charge in [-0.3, -0.25) is 9.48 Å². The van der Waals surface area contributed by atoms with Gasteiger partial charge in [0.25, 0.3) is 0 Å². The number of aliphatic hydroxyl groups excluding tert-OH is 1. The molecule has 3 rings (SSSR count). The summed E-state index contributed by atoms with van der Waals surface area (Å²) in [6, 6.07) is 13.4. The Balaban J connectivity index is 1.58. The minimum atomic E-state index is -0.871. The summed E-state index contributed by atoms with van der Waals surface area (Å²) in [5, 5.41) is 33.3. The molecule has 0 unspecified atom stereocenters. The first-order chi connectivity index (χ1) is 16.9. The number of aliphatic hydroxyl groups is 1. The van der Waals surface area contributed by atoms with Crippen LogP contribution in [0, 0.1) is 6.92 Å². The maximum atomic E-state index is 12.5. The first-order valence-corrected chi connectivity index (χ1v) is 11.6. The summed E-state index contributed by atoms with van der Waals surface area (Å²) < 4.78 is 1.64. The number of primary amides is 1. The molecule has 1 aromatic heterocycles. The predicted octanol–water partition coefficient (Wildman–Crippen LogP) is 2.75. The van der Waals surface area contributed by atoms with Crippen LogP contribution >= 0.6 is 0 Å². The molecule has 0 aliphatic rings. The predicted molar refractivity (Wildman–Crippen MR) is 139 cm³/mol. The van der Waals surface area contributed by atoms with Crippen molar-refractivity contribution in [2.45, 2.75) is 45.3 Å². The molecule has 0 saturated heterocycles. The van der Waals surface area contributed by atoms with E-state index >= 15 is 0 Å². The van der Waals surface area contributed by atoms with Crippen LogP contribution in [0.1, 0.15) is 42.3 Å². The zero-order chi connectivity index (χ0) is 26.5. The number of phenolic OH excluding ortho intramolecular Hbond substituents is 1. The van der Waals surface area contributed by atoms with Crippen LogP contribution in [0.15, 0.2) is 48.5 Å². The third-order valence-corrected chi connectivity index (χ3v) is 5.71. The van der Waals surface area contributed by atoms with Crippen LogP contribution in [-0.4, -0.2) is 44.0 Å². The largest absolute Gasteiger partial charge is 0.506 e. The van der Waals surface area contributed by atoms with Gasteiger partial charge in [0, 0.05) is 25.2 Å². The van der Waals surface area contributed by atoms with E-state index in [-0.39, 0.29) is 35.8 Å². The molecule has 192 valence electrons. The second-order valence-electron chi connectivity index (χ2n) is 9.56. The third-order valence-electron chi connectivity index (χ3n) is 5.71. The third kappa shape index (κ3) is 7.56. The van der Waals surface area contributed by atoms with E-state index in [1.54, 1.807) is 17.8 Å². The summed E-state index contributed by atoms with van der Waals surface area (Å²) in [4.78, 5) is 23.6. The molecule has 1 atom stereocenters. The van der Waals surface area contributed by atoms with Gasteiger partial charge in [-0.25, -0.2) is 4.79 Å². The number of aryl methyl sites for hydroxylation is 2. The highest BCUT2D eigenvalue weighted by atomic mass is 16.3. The Morgan fingerprint density at radius 2 is 1.83 bits per heavy atom. The number of aromatic hydroxyl groups is 1. The van der Waals surface area contributed by atoms with E-state index in [1.807, 2.05) is 51.1 Å². The van der Waals surface area contributed by atoms with E-state index in [0.29, 0.717) is 17.8 Å². The number of nitrogens with one attached hydrogen (secondary N) is 3. The van der Waals surface area contributed by atoms with Crippen LogP contribution in [0.2, 0.25) is 0 Å². The summed E-state index contributed by atoms with van der Waals surface area (Å²) >= 11 is 0. The summed E-state index contributed by atoms with van der Waals surface area (Å²) in [6.45, 7) is 6.18. The average molecular weight is 495 g/mol. The zero-order valence-corrected chi connectivity index (χ0v) is 21.0. The molecule has 0 spiro atoms. The molecule has 0 fully saturated rings. The van der Waals surface area contributed by atoms with Gasteiger partial charge in [-0.05, 0) is 56.0 Å². The maximum Gasteiger partial charge on any atom is 0.316 e. The highest BCUT2D eigenvalue weighted by molar-refractivity contribution is 5.91. The molecule has 10 heteroatoms. The maximum absolute atomic E-state index is 12.5. The number of aromatic nitrogens is 2. The lowest BCUT2D eigenvalue weighted by molar-refractivity contribution is -0.115. The second kappa shape index (κ2) is 11.2. The first kappa shape index (κ1) is 26.7. The molecular weight excluding hydrogens is 460 g/mol. The van der Waals surface area contributed by atoms with Gasteiger partial charge >= 0.3 is 6.03 Å². The number of amides is 3. The van der Waals surface area contributed by atoms with E-state index in [0.717, 1.165) is 16.8 Å². The first-order valence-electron chi connectivity index (χ1n) is 11.6. The van der Waals surface area contributed by atoms with Gasteiger partial charge < -0.3 is 31.9 Å². The molecule has 7 N–H and O–H groups in total. The number of carbonyl (C=O) groups is 2. The smallest absolute Gasteiger partial charge is 0.316 e. The average Bonchev–Trinajstić information content (AvgIpc) is 3.09. The SMILES string of the molecule is Cc1cc(NC(=O)Cc2cccc(CC(C)(C)NC[C@@H](O)c3ccc(O)c(NC(N)=O)c3)c2)n(C)n1. The van der Waals surface area contributed by atoms with Crippen LogP contribution in [-0.2, 0) is 24.7 Å². The Bertz CT molecular complexity index is 1240. The van der Waals surface area contributed by atoms with E-state index in [2.05, 4.69) is 21.0 Å². The zero-order valence-electron chi connectivity index (χ0n) is 21.0. The lowest BCUT2D eigenvalue weighted by Gasteiger charge is -2.28. The summed E-state index contributed by atoms with van der Waals surface area (Å²) in [7, 11) is 1.79. The molecule has 0 saturated carbocycles. The van der Waals surface area contributed by atoms with Gasteiger partial charge in [0.1, 0.15) is 11.6 Å². The number of nitrogens with two attached hydrogens (primary N) is 1. The van der Waals surface area contributed by atoms with Crippen molar-refractivity contribution in [1.82, 2.24) is 15.1 Å². The summed E-state index contributed by atoms with van der Waals surface area (Å²) in [5.41, 5.74) is 8.22. The quantitative estimate of drug-likeness (QED) is 0.238. The molecule has 0 bridgehead atoms. The van der Waals surface area contributed by atoms with Crippen molar-refractivity contribution in [3.8, 4) is 5.75 Å². The molecule has 3 aromatic rings. The van der Waals surface area contributed by atoms with Crippen molar-refractivity contribution < 1.29 is 19.8 Å². The topological polar surface area (TPSA) is 155 Å². The molecule has 1 heterocycles. The van der Waals surface area contributed by atoms with Gasteiger partial charge in [-0.2, -0.15) is 5.10 Å². The Morgan fingerprint density at radius 1 is 1.11 bits per heavy atom. The molecule has 0 radical (unpaired) electrons. The Hall–Kier alpha value is -3.89. The minimum absolute atomic E-state index is 0.116. The van der Waals surface area contributed by atoms with E-state index in [9.17, 15) is 19.8 Å². The van der Waals surface area contributed by atoms with Crippen LogP contribution in [0.25, 0.3) is 0 Å². The van der Waals surface area contributed by atoms with Gasteiger partial charge in [-0.15, -0.1) is 0 Å². The van der Waals surface area contributed by atoms with Gasteiger partial charge in [0.15, 0.2) is 0 Å². The van der Waals surface area contributed by atoms with E-state index < -0.39 is 12.1 Å². The monoisotopic (exact) mass is 494 g/mol. The van der Waals surface area contributed by atoms with Crippen LogP contribution in [0.3, 0.4) is 0 Å². The van der Waals surface area contributed by atoms with Gasteiger partial charge in [0.05, 0.1) is 23.9 Å². The number of carbonyl (C=O) groups excluding carboxylic acids is 2. The van der Waals surface area contributed by atoms with Crippen molar-refractivity contribution in [2.75, 3.05) is 17.2 Å². The van der Waals surface area contributed by atoms with Crippen LogP contribution < -0.4 is 21.7 Å². The molecular formula is C26H34N6O4. The molecule has 0 aliphatic heterocycles.